The van der Waals surface area contributed by atoms with E-state index in [0.29, 0.717) is 6.42 Å². The fourth-order valence-corrected chi connectivity index (χ4v) is 2.91. The highest BCUT2D eigenvalue weighted by Gasteiger charge is 2.18. The van der Waals surface area contributed by atoms with Crippen molar-refractivity contribution in [3.8, 4) is 0 Å². The Morgan fingerprint density at radius 1 is 1.40 bits per heavy atom. The zero-order valence-corrected chi connectivity index (χ0v) is 11.7. The lowest BCUT2D eigenvalue weighted by atomic mass is 10.3. The van der Waals surface area contributed by atoms with Crippen molar-refractivity contribution in [1.29, 1.82) is 0 Å². The van der Waals surface area contributed by atoms with Crippen molar-refractivity contribution in [3.63, 3.8) is 0 Å². The van der Waals surface area contributed by atoms with Crippen molar-refractivity contribution in [3.05, 3.63) is 42.0 Å². The van der Waals surface area contributed by atoms with Crippen molar-refractivity contribution in [2.75, 3.05) is 12.3 Å². The van der Waals surface area contributed by atoms with Gasteiger partial charge in [0.25, 0.3) is 0 Å². The van der Waals surface area contributed by atoms with Gasteiger partial charge >= 0.3 is 0 Å². The van der Waals surface area contributed by atoms with E-state index >= 15 is 0 Å². The molecule has 1 aromatic heterocycles. The standard InChI is InChI=1S/C12H15FN4O2S/c1-17-10(4-6-15-17)5-7-16-20(18,19)12-8-9(14)2-3-11(12)13/h2-4,6,8,16H,5,7,14H2,1H3. The summed E-state index contributed by atoms with van der Waals surface area (Å²) in [6, 6.07) is 5.23. The molecule has 0 spiro atoms. The molecule has 0 unspecified atom stereocenters. The first-order chi connectivity index (χ1) is 9.40. The SMILES string of the molecule is Cn1nccc1CCNS(=O)(=O)c1cc(N)ccc1F. The number of rotatable bonds is 5. The summed E-state index contributed by atoms with van der Waals surface area (Å²) in [5, 5.41) is 3.98. The maximum Gasteiger partial charge on any atom is 0.243 e. The Kier molecular flexibility index (Phi) is 4.05. The topological polar surface area (TPSA) is 90.0 Å². The van der Waals surface area contributed by atoms with Crippen molar-refractivity contribution in [1.82, 2.24) is 14.5 Å². The first-order valence-corrected chi connectivity index (χ1v) is 7.40. The van der Waals surface area contributed by atoms with Crippen molar-refractivity contribution in [2.45, 2.75) is 11.3 Å². The summed E-state index contributed by atoms with van der Waals surface area (Å²) in [6.07, 6.45) is 2.08. The molecular formula is C12H15FN4O2S. The highest BCUT2D eigenvalue weighted by Crippen LogP contribution is 2.17. The lowest BCUT2D eigenvalue weighted by Gasteiger charge is -2.08. The fraction of sp³-hybridized carbons (Fsp3) is 0.250. The van der Waals surface area contributed by atoms with Crippen LogP contribution in [0.5, 0.6) is 0 Å². The first-order valence-electron chi connectivity index (χ1n) is 5.92. The Morgan fingerprint density at radius 3 is 2.80 bits per heavy atom. The number of halogens is 1. The zero-order valence-electron chi connectivity index (χ0n) is 10.9. The maximum atomic E-state index is 13.5. The molecular weight excluding hydrogens is 283 g/mol. The lowest BCUT2D eigenvalue weighted by Crippen LogP contribution is -2.27. The van der Waals surface area contributed by atoms with Crippen LogP contribution in [-0.4, -0.2) is 24.7 Å². The normalized spacial score (nSPS) is 11.7. The molecule has 0 aliphatic heterocycles. The minimum Gasteiger partial charge on any atom is -0.399 e. The van der Waals surface area contributed by atoms with Crippen LogP contribution in [0.1, 0.15) is 5.69 Å². The van der Waals surface area contributed by atoms with Gasteiger partial charge in [0.05, 0.1) is 0 Å². The second-order valence-electron chi connectivity index (χ2n) is 4.28. The van der Waals surface area contributed by atoms with Crippen LogP contribution in [0.25, 0.3) is 0 Å². The molecule has 0 aliphatic carbocycles. The van der Waals surface area contributed by atoms with Gasteiger partial charge in [0.2, 0.25) is 10.0 Å². The number of aryl methyl sites for hydroxylation is 1. The molecule has 0 saturated carbocycles. The van der Waals surface area contributed by atoms with Gasteiger partial charge in [-0.3, -0.25) is 4.68 Å². The van der Waals surface area contributed by atoms with Gasteiger partial charge in [-0.15, -0.1) is 0 Å². The van der Waals surface area contributed by atoms with E-state index in [9.17, 15) is 12.8 Å². The van der Waals surface area contributed by atoms with E-state index in [1.807, 2.05) is 0 Å². The van der Waals surface area contributed by atoms with Crippen molar-refractivity contribution >= 4 is 15.7 Å². The third-order valence-corrected chi connectivity index (χ3v) is 4.32. The van der Waals surface area contributed by atoms with Gasteiger partial charge < -0.3 is 5.73 Å². The average molecular weight is 298 g/mol. The highest BCUT2D eigenvalue weighted by molar-refractivity contribution is 7.89. The molecule has 0 fully saturated rings. The summed E-state index contributed by atoms with van der Waals surface area (Å²) in [4.78, 5) is -0.442. The smallest absolute Gasteiger partial charge is 0.243 e. The molecule has 8 heteroatoms. The Bertz CT molecular complexity index is 712. The molecule has 0 radical (unpaired) electrons. The monoisotopic (exact) mass is 298 g/mol. The summed E-state index contributed by atoms with van der Waals surface area (Å²) in [5.41, 5.74) is 6.55. The van der Waals surface area contributed by atoms with Crippen LogP contribution >= 0.6 is 0 Å². The van der Waals surface area contributed by atoms with Gasteiger partial charge in [-0.25, -0.2) is 17.5 Å². The van der Waals surface area contributed by atoms with Crippen molar-refractivity contribution in [2.24, 2.45) is 7.05 Å². The average Bonchev–Trinajstić information content (AvgIpc) is 2.78. The fourth-order valence-electron chi connectivity index (χ4n) is 1.76. The summed E-state index contributed by atoms with van der Waals surface area (Å²) in [6.45, 7) is 0.149. The third kappa shape index (κ3) is 3.14. The van der Waals surface area contributed by atoms with Crippen LogP contribution in [0.15, 0.2) is 35.4 Å². The molecule has 0 bridgehead atoms. The minimum absolute atomic E-state index is 0.149. The van der Waals surface area contributed by atoms with Crippen LogP contribution in [0.3, 0.4) is 0 Å². The van der Waals surface area contributed by atoms with Crippen LogP contribution in [0.2, 0.25) is 0 Å². The number of nitrogens with two attached hydrogens (primary N) is 1. The first kappa shape index (κ1) is 14.5. The number of hydrogen-bond donors (Lipinski definition) is 2. The molecule has 1 heterocycles. The third-order valence-electron chi connectivity index (χ3n) is 2.84. The van der Waals surface area contributed by atoms with Gasteiger partial charge in [0, 0.05) is 37.6 Å². The maximum absolute atomic E-state index is 13.5. The van der Waals surface area contributed by atoms with Gasteiger partial charge in [-0.1, -0.05) is 0 Å². The predicted octanol–water partition coefficient (Wildman–Crippen LogP) is 0.662. The predicted molar refractivity (Wildman–Crippen MR) is 72.9 cm³/mol. The molecule has 0 saturated heterocycles. The number of anilines is 1. The molecule has 6 nitrogen and oxygen atoms in total. The van der Waals surface area contributed by atoms with Gasteiger partial charge in [-0.2, -0.15) is 5.10 Å². The number of nitrogens with one attached hydrogen (secondary N) is 1. The summed E-state index contributed by atoms with van der Waals surface area (Å²) < 4.78 is 41.5. The van der Waals surface area contributed by atoms with E-state index in [4.69, 9.17) is 5.73 Å². The van der Waals surface area contributed by atoms with E-state index in [2.05, 4.69) is 9.82 Å². The zero-order chi connectivity index (χ0) is 14.8. The lowest BCUT2D eigenvalue weighted by molar-refractivity contribution is 0.556. The second-order valence-corrected chi connectivity index (χ2v) is 6.02. The quantitative estimate of drug-likeness (QED) is 0.794. The van der Waals surface area contributed by atoms with Gasteiger partial charge in [-0.05, 0) is 24.3 Å². The van der Waals surface area contributed by atoms with E-state index in [1.165, 1.54) is 6.07 Å². The molecule has 0 amide bonds. The molecule has 0 aliphatic rings. The highest BCUT2D eigenvalue weighted by atomic mass is 32.2. The van der Waals surface area contributed by atoms with E-state index in [0.717, 1.165) is 17.8 Å². The summed E-state index contributed by atoms with van der Waals surface area (Å²) >= 11 is 0. The Balaban J connectivity index is 2.08. The van der Waals surface area contributed by atoms with E-state index < -0.39 is 20.7 Å². The van der Waals surface area contributed by atoms with Gasteiger partial charge in [0.15, 0.2) is 0 Å². The largest absolute Gasteiger partial charge is 0.399 e. The van der Waals surface area contributed by atoms with E-state index in [-0.39, 0.29) is 12.2 Å². The second kappa shape index (κ2) is 5.59. The molecule has 2 aromatic rings. The number of nitrogens with zero attached hydrogens (tertiary/aromatic N) is 2. The molecule has 3 N–H and O–H groups in total. The van der Waals surface area contributed by atoms with Crippen molar-refractivity contribution < 1.29 is 12.8 Å². The van der Waals surface area contributed by atoms with Crippen LogP contribution in [0.4, 0.5) is 10.1 Å². The van der Waals surface area contributed by atoms with Gasteiger partial charge in [0.1, 0.15) is 10.7 Å². The summed E-state index contributed by atoms with van der Waals surface area (Å²) in [5.74, 6) is -0.827. The molecule has 0 atom stereocenters. The van der Waals surface area contributed by atoms with Crippen LogP contribution in [-0.2, 0) is 23.5 Å². The number of sulfonamides is 1. The molecule has 2 rings (SSSR count). The number of nitrogen functional groups attached to an aromatic ring is 1. The summed E-state index contributed by atoms with van der Waals surface area (Å²) in [7, 11) is -2.15. The number of aromatic nitrogens is 2. The van der Waals surface area contributed by atoms with Crippen LogP contribution in [0, 0.1) is 5.82 Å². The molecule has 1 aromatic carbocycles. The molecule has 108 valence electrons. The molecule has 20 heavy (non-hydrogen) atoms. The van der Waals surface area contributed by atoms with E-state index in [1.54, 1.807) is 24.0 Å². The Hall–Kier alpha value is -1.93. The Labute approximate surface area is 116 Å². The number of hydrogen-bond acceptors (Lipinski definition) is 4. The minimum atomic E-state index is -3.91. The Morgan fingerprint density at radius 2 is 2.15 bits per heavy atom. The van der Waals surface area contributed by atoms with Crippen LogP contribution < -0.4 is 10.5 Å². The number of benzene rings is 1.